The number of rotatable bonds is 16. The van der Waals surface area contributed by atoms with Gasteiger partial charge in [-0.15, -0.1) is 0 Å². The molecule has 0 aliphatic rings. The first-order valence-electron chi connectivity index (χ1n) is 8.88. The monoisotopic (exact) mass is 324 g/mol. The van der Waals surface area contributed by atoms with E-state index in [4.69, 9.17) is 0 Å². The number of hydrogen-bond acceptors (Lipinski definition) is 4. The Bertz CT molecular complexity index is 308. The maximum Gasteiger partial charge on any atom is 0.123 e. The molecular formula is C19H32O4. The Balaban J connectivity index is 3.88. The summed E-state index contributed by atoms with van der Waals surface area (Å²) in [6, 6.07) is 0. The van der Waals surface area contributed by atoms with E-state index in [2.05, 4.69) is 0 Å². The highest BCUT2D eigenvalue weighted by molar-refractivity contribution is 5.54. The smallest absolute Gasteiger partial charge is 0.123 e. The lowest BCUT2D eigenvalue weighted by Gasteiger charge is -2.14. The minimum absolute atomic E-state index is 0.0382. The van der Waals surface area contributed by atoms with E-state index in [1.54, 1.807) is 0 Å². The molecule has 0 bridgehead atoms. The molecule has 0 spiro atoms. The van der Waals surface area contributed by atoms with E-state index in [-0.39, 0.29) is 23.7 Å². The molecule has 0 fully saturated rings. The Hall–Kier alpha value is -1.32. The van der Waals surface area contributed by atoms with Crippen LogP contribution in [0.15, 0.2) is 0 Å². The van der Waals surface area contributed by atoms with E-state index in [1.807, 2.05) is 13.8 Å². The van der Waals surface area contributed by atoms with Gasteiger partial charge in [-0.3, -0.25) is 0 Å². The van der Waals surface area contributed by atoms with E-state index in [0.29, 0.717) is 0 Å². The summed E-state index contributed by atoms with van der Waals surface area (Å²) in [5.74, 6) is 0.207. The lowest BCUT2D eigenvalue weighted by atomic mass is 9.91. The average molecular weight is 324 g/mol. The summed E-state index contributed by atoms with van der Waals surface area (Å²) in [7, 11) is 0. The molecule has 132 valence electrons. The van der Waals surface area contributed by atoms with Gasteiger partial charge in [-0.25, -0.2) is 0 Å². The fraction of sp³-hybridized carbons (Fsp3) is 0.789. The van der Waals surface area contributed by atoms with Crippen LogP contribution < -0.4 is 0 Å². The Kier molecular flexibility index (Phi) is 13.5. The summed E-state index contributed by atoms with van der Waals surface area (Å²) < 4.78 is 0. The highest BCUT2D eigenvalue weighted by Crippen LogP contribution is 2.20. The SMILES string of the molecule is CC(C=O)CCCC(C=O)CCCC(C=O)CCCC(C)C=O. The van der Waals surface area contributed by atoms with Crippen molar-refractivity contribution in [3.63, 3.8) is 0 Å². The van der Waals surface area contributed by atoms with Crippen LogP contribution >= 0.6 is 0 Å². The minimum atomic E-state index is 0.0382. The second kappa shape index (κ2) is 14.3. The van der Waals surface area contributed by atoms with Gasteiger partial charge >= 0.3 is 0 Å². The summed E-state index contributed by atoms with van der Waals surface area (Å²) in [5, 5.41) is 0. The number of carbonyl (C=O) groups excluding carboxylic acids is 4. The minimum Gasteiger partial charge on any atom is -0.303 e. The molecule has 23 heavy (non-hydrogen) atoms. The molecule has 0 amide bonds. The molecule has 4 nitrogen and oxygen atoms in total. The van der Waals surface area contributed by atoms with Crippen molar-refractivity contribution in [3.8, 4) is 0 Å². The van der Waals surface area contributed by atoms with E-state index < -0.39 is 0 Å². The standard InChI is InChI=1S/C19H32O4/c1-16(12-20)6-3-8-18(14-22)10-5-11-19(15-23)9-4-7-17(2)13-21/h12-19H,3-11H2,1-2H3. The van der Waals surface area contributed by atoms with Crippen LogP contribution in [-0.2, 0) is 19.2 Å². The van der Waals surface area contributed by atoms with Crippen LogP contribution in [0.5, 0.6) is 0 Å². The van der Waals surface area contributed by atoms with E-state index in [0.717, 1.165) is 82.9 Å². The highest BCUT2D eigenvalue weighted by atomic mass is 16.1. The molecule has 0 aliphatic carbocycles. The molecule has 4 heteroatoms. The first-order valence-corrected chi connectivity index (χ1v) is 8.88. The van der Waals surface area contributed by atoms with Crippen molar-refractivity contribution < 1.29 is 19.2 Å². The maximum atomic E-state index is 11.1. The number of carbonyl (C=O) groups is 4. The van der Waals surface area contributed by atoms with Crippen molar-refractivity contribution in [2.24, 2.45) is 23.7 Å². The Morgan fingerprint density at radius 3 is 1.09 bits per heavy atom. The van der Waals surface area contributed by atoms with E-state index >= 15 is 0 Å². The first-order chi connectivity index (χ1) is 11.1. The lowest BCUT2D eigenvalue weighted by Crippen LogP contribution is -2.07. The molecule has 0 rings (SSSR count). The molecule has 0 aliphatic heterocycles. The van der Waals surface area contributed by atoms with Crippen LogP contribution in [-0.4, -0.2) is 25.1 Å². The fourth-order valence-corrected chi connectivity index (χ4v) is 2.74. The third-order valence-electron chi connectivity index (χ3n) is 4.47. The normalized spacial score (nSPS) is 16.1. The van der Waals surface area contributed by atoms with Gasteiger partial charge < -0.3 is 19.2 Å². The summed E-state index contributed by atoms with van der Waals surface area (Å²) >= 11 is 0. The number of hydrogen-bond donors (Lipinski definition) is 0. The highest BCUT2D eigenvalue weighted by Gasteiger charge is 2.12. The second-order valence-electron chi connectivity index (χ2n) is 6.81. The first kappa shape index (κ1) is 21.7. The van der Waals surface area contributed by atoms with Gasteiger partial charge in [0.05, 0.1) is 0 Å². The molecule has 0 aromatic rings. The van der Waals surface area contributed by atoms with Gasteiger partial charge in [-0.05, 0) is 38.5 Å². The number of aldehydes is 4. The van der Waals surface area contributed by atoms with E-state index in [9.17, 15) is 19.2 Å². The molecule has 0 aromatic carbocycles. The summed E-state index contributed by atoms with van der Waals surface area (Å²) in [6.07, 6.45) is 11.5. The molecular weight excluding hydrogens is 292 g/mol. The van der Waals surface area contributed by atoms with Crippen molar-refractivity contribution in [2.75, 3.05) is 0 Å². The summed E-state index contributed by atoms with van der Waals surface area (Å²) in [5.41, 5.74) is 0. The van der Waals surface area contributed by atoms with Gasteiger partial charge in [0.2, 0.25) is 0 Å². The third-order valence-corrected chi connectivity index (χ3v) is 4.47. The van der Waals surface area contributed by atoms with Crippen molar-refractivity contribution >= 4 is 25.1 Å². The van der Waals surface area contributed by atoms with Gasteiger partial charge in [0.15, 0.2) is 0 Å². The topological polar surface area (TPSA) is 68.3 Å². The van der Waals surface area contributed by atoms with Crippen LogP contribution in [0.1, 0.15) is 71.6 Å². The van der Waals surface area contributed by atoms with Gasteiger partial charge in [-0.2, -0.15) is 0 Å². The molecule has 0 heterocycles. The van der Waals surface area contributed by atoms with Crippen LogP contribution in [0.3, 0.4) is 0 Å². The zero-order valence-corrected chi connectivity index (χ0v) is 14.6. The maximum absolute atomic E-state index is 11.1. The molecule has 0 N–H and O–H groups in total. The van der Waals surface area contributed by atoms with Crippen molar-refractivity contribution in [2.45, 2.75) is 71.6 Å². The summed E-state index contributed by atoms with van der Waals surface area (Å²) in [4.78, 5) is 43.3. The van der Waals surface area contributed by atoms with Crippen molar-refractivity contribution in [1.82, 2.24) is 0 Å². The predicted molar refractivity (Wildman–Crippen MR) is 91.1 cm³/mol. The molecule has 0 saturated carbocycles. The van der Waals surface area contributed by atoms with Crippen molar-refractivity contribution in [1.29, 1.82) is 0 Å². The van der Waals surface area contributed by atoms with Crippen LogP contribution in [0.25, 0.3) is 0 Å². The Morgan fingerprint density at radius 2 is 0.826 bits per heavy atom. The van der Waals surface area contributed by atoms with E-state index in [1.165, 1.54) is 0 Å². The molecule has 0 aromatic heterocycles. The zero-order chi connectivity index (χ0) is 17.5. The average Bonchev–Trinajstić information content (AvgIpc) is 2.58. The Morgan fingerprint density at radius 1 is 0.522 bits per heavy atom. The van der Waals surface area contributed by atoms with Gasteiger partial charge in [0, 0.05) is 23.7 Å². The lowest BCUT2D eigenvalue weighted by molar-refractivity contribution is -0.112. The molecule has 4 atom stereocenters. The van der Waals surface area contributed by atoms with Gasteiger partial charge in [-0.1, -0.05) is 33.1 Å². The fourth-order valence-electron chi connectivity index (χ4n) is 2.74. The quantitative estimate of drug-likeness (QED) is 0.405. The van der Waals surface area contributed by atoms with Crippen LogP contribution in [0.2, 0.25) is 0 Å². The Labute approximate surface area is 140 Å². The summed E-state index contributed by atoms with van der Waals surface area (Å²) in [6.45, 7) is 3.78. The predicted octanol–water partition coefficient (Wildman–Crippen LogP) is 3.80. The zero-order valence-electron chi connectivity index (χ0n) is 14.6. The molecule has 0 saturated heterocycles. The van der Waals surface area contributed by atoms with Crippen LogP contribution in [0.4, 0.5) is 0 Å². The molecule has 4 unspecified atom stereocenters. The van der Waals surface area contributed by atoms with Crippen molar-refractivity contribution in [3.05, 3.63) is 0 Å². The third kappa shape index (κ3) is 11.8. The second-order valence-corrected chi connectivity index (χ2v) is 6.81. The van der Waals surface area contributed by atoms with Gasteiger partial charge in [0.25, 0.3) is 0 Å². The van der Waals surface area contributed by atoms with Crippen LogP contribution in [0, 0.1) is 23.7 Å². The molecule has 0 radical (unpaired) electrons. The largest absolute Gasteiger partial charge is 0.303 e. The van der Waals surface area contributed by atoms with Gasteiger partial charge in [0.1, 0.15) is 25.1 Å².